The van der Waals surface area contributed by atoms with Crippen LogP contribution in [0, 0.1) is 0 Å². The van der Waals surface area contributed by atoms with E-state index in [-0.39, 0.29) is 11.4 Å². The van der Waals surface area contributed by atoms with Crippen LogP contribution in [0.25, 0.3) is 0 Å². The van der Waals surface area contributed by atoms with Gasteiger partial charge in [-0.3, -0.25) is 0 Å². The van der Waals surface area contributed by atoms with Crippen molar-refractivity contribution in [3.8, 4) is 5.75 Å². The molecule has 0 saturated heterocycles. The molecule has 0 saturated carbocycles. The third kappa shape index (κ3) is 4.31. The molecule has 0 bridgehead atoms. The van der Waals surface area contributed by atoms with Crippen LogP contribution in [0.3, 0.4) is 0 Å². The van der Waals surface area contributed by atoms with E-state index in [0.29, 0.717) is 5.75 Å². The molecule has 0 unspecified atom stereocenters. The highest BCUT2D eigenvalue weighted by atomic mass is 32.2. The van der Waals surface area contributed by atoms with Crippen LogP contribution in [0.15, 0.2) is 59.5 Å². The fraction of sp³-hybridized carbons (Fsp3) is 0.133. The third-order valence-corrected chi connectivity index (χ3v) is 4.32. The smallest absolute Gasteiger partial charge is 0.410 e. The van der Waals surface area contributed by atoms with Crippen LogP contribution >= 0.6 is 0 Å². The average Bonchev–Trinajstić information content (AvgIpc) is 2.54. The van der Waals surface area contributed by atoms with Crippen molar-refractivity contribution in [1.82, 2.24) is 10.0 Å². The molecule has 0 aliphatic heterocycles. The number of sulfonamides is 1. The van der Waals surface area contributed by atoms with Crippen molar-refractivity contribution in [3.05, 3.63) is 60.2 Å². The molecule has 0 radical (unpaired) electrons. The second-order valence-electron chi connectivity index (χ2n) is 4.41. The molecular weight excluding hydrogens is 304 g/mol. The lowest BCUT2D eigenvalue weighted by Crippen LogP contribution is -2.26. The number of benzene rings is 2. The molecule has 0 spiro atoms. The monoisotopic (exact) mass is 320 g/mol. The summed E-state index contributed by atoms with van der Waals surface area (Å²) in [6.07, 6.45) is -0.571. The van der Waals surface area contributed by atoms with Crippen molar-refractivity contribution in [3.63, 3.8) is 0 Å². The van der Waals surface area contributed by atoms with Gasteiger partial charge in [0, 0.05) is 6.54 Å². The average molecular weight is 320 g/mol. The van der Waals surface area contributed by atoms with E-state index in [1.54, 1.807) is 36.4 Å². The van der Waals surface area contributed by atoms with Gasteiger partial charge in [0.2, 0.25) is 10.0 Å². The first kappa shape index (κ1) is 16.0. The summed E-state index contributed by atoms with van der Waals surface area (Å²) in [5.74, 6) is 0.454. The van der Waals surface area contributed by atoms with Gasteiger partial charge >= 0.3 is 6.09 Å². The maximum atomic E-state index is 11.6. The summed E-state index contributed by atoms with van der Waals surface area (Å²) < 4.78 is 30.5. The molecule has 0 aliphatic carbocycles. The second kappa shape index (κ2) is 7.06. The summed E-state index contributed by atoms with van der Waals surface area (Å²) in [4.78, 5) is 11.8. The van der Waals surface area contributed by atoms with Crippen LogP contribution < -0.4 is 14.8 Å². The first-order chi connectivity index (χ1) is 10.5. The van der Waals surface area contributed by atoms with Gasteiger partial charge in [0.25, 0.3) is 0 Å². The van der Waals surface area contributed by atoms with Gasteiger partial charge in [-0.2, -0.15) is 0 Å². The maximum absolute atomic E-state index is 11.6. The van der Waals surface area contributed by atoms with Crippen molar-refractivity contribution in [2.24, 2.45) is 0 Å². The Labute approximate surface area is 129 Å². The molecule has 0 fully saturated rings. The zero-order chi connectivity index (χ0) is 16.0. The first-order valence-corrected chi connectivity index (χ1v) is 8.03. The molecule has 2 rings (SSSR count). The van der Waals surface area contributed by atoms with Gasteiger partial charge in [-0.15, -0.1) is 0 Å². The topological polar surface area (TPSA) is 84.5 Å². The first-order valence-electron chi connectivity index (χ1n) is 6.54. The molecule has 2 N–H and O–H groups in total. The Bertz CT molecular complexity index is 728. The molecule has 2 aromatic carbocycles. The third-order valence-electron chi connectivity index (χ3n) is 2.89. The number of hydrogen-bond donors (Lipinski definition) is 2. The van der Waals surface area contributed by atoms with Crippen LogP contribution in [0.2, 0.25) is 0 Å². The van der Waals surface area contributed by atoms with E-state index in [1.807, 2.05) is 6.07 Å². The van der Waals surface area contributed by atoms with E-state index in [9.17, 15) is 13.2 Å². The van der Waals surface area contributed by atoms with Crippen molar-refractivity contribution in [2.75, 3.05) is 7.05 Å². The second-order valence-corrected chi connectivity index (χ2v) is 6.29. The van der Waals surface area contributed by atoms with Crippen LogP contribution in [-0.4, -0.2) is 21.6 Å². The molecule has 0 heterocycles. The lowest BCUT2D eigenvalue weighted by atomic mass is 10.2. The van der Waals surface area contributed by atoms with E-state index >= 15 is 0 Å². The van der Waals surface area contributed by atoms with Crippen molar-refractivity contribution < 1.29 is 17.9 Å². The van der Waals surface area contributed by atoms with Gasteiger partial charge in [-0.1, -0.05) is 30.3 Å². The lowest BCUT2D eigenvalue weighted by Gasteiger charge is -2.07. The summed E-state index contributed by atoms with van der Waals surface area (Å²) in [5, 5.41) is 2.59. The zero-order valence-electron chi connectivity index (χ0n) is 11.9. The number of rotatable bonds is 5. The van der Waals surface area contributed by atoms with E-state index in [4.69, 9.17) is 4.74 Å². The van der Waals surface area contributed by atoms with Gasteiger partial charge in [0.05, 0.1) is 4.90 Å². The Balaban J connectivity index is 1.91. The number of amides is 1. The van der Waals surface area contributed by atoms with Gasteiger partial charge in [0.1, 0.15) is 5.75 Å². The summed E-state index contributed by atoms with van der Waals surface area (Å²) >= 11 is 0. The Morgan fingerprint density at radius 3 is 2.27 bits per heavy atom. The SMILES string of the molecule is CNS(=O)(=O)c1ccc(CNC(=O)Oc2ccccc2)cc1. The number of ether oxygens (including phenoxy) is 1. The highest BCUT2D eigenvalue weighted by molar-refractivity contribution is 7.89. The van der Waals surface area contributed by atoms with Crippen LogP contribution in [-0.2, 0) is 16.6 Å². The highest BCUT2D eigenvalue weighted by Gasteiger charge is 2.10. The Kier molecular flexibility index (Phi) is 5.13. The van der Waals surface area contributed by atoms with E-state index in [2.05, 4.69) is 10.0 Å². The van der Waals surface area contributed by atoms with E-state index < -0.39 is 16.1 Å². The minimum atomic E-state index is -3.45. The largest absolute Gasteiger partial charge is 0.412 e. The molecule has 0 atom stereocenters. The van der Waals surface area contributed by atoms with E-state index in [0.717, 1.165) is 5.56 Å². The normalized spacial score (nSPS) is 11.0. The van der Waals surface area contributed by atoms with Crippen LogP contribution in [0.4, 0.5) is 4.79 Å². The summed E-state index contributed by atoms with van der Waals surface area (Å²) in [7, 11) is -2.10. The molecule has 0 aliphatic rings. The minimum absolute atomic E-state index is 0.172. The number of para-hydroxylation sites is 1. The lowest BCUT2D eigenvalue weighted by molar-refractivity contribution is 0.200. The molecule has 7 heteroatoms. The molecule has 1 amide bonds. The predicted octanol–water partition coefficient (Wildman–Crippen LogP) is 1.88. The van der Waals surface area contributed by atoms with Crippen molar-refractivity contribution in [1.29, 1.82) is 0 Å². The Morgan fingerprint density at radius 2 is 1.68 bits per heavy atom. The Morgan fingerprint density at radius 1 is 1.05 bits per heavy atom. The van der Waals surface area contributed by atoms with Crippen molar-refractivity contribution in [2.45, 2.75) is 11.4 Å². The minimum Gasteiger partial charge on any atom is -0.410 e. The number of carbonyl (C=O) groups excluding carboxylic acids is 1. The number of nitrogens with one attached hydrogen (secondary N) is 2. The van der Waals surface area contributed by atoms with Gasteiger partial charge in [0.15, 0.2) is 0 Å². The summed E-state index contributed by atoms with van der Waals surface area (Å²) in [6, 6.07) is 14.9. The molecular formula is C15H16N2O4S. The highest BCUT2D eigenvalue weighted by Crippen LogP contribution is 2.11. The van der Waals surface area contributed by atoms with Gasteiger partial charge < -0.3 is 10.1 Å². The zero-order valence-corrected chi connectivity index (χ0v) is 12.8. The fourth-order valence-electron chi connectivity index (χ4n) is 1.71. The quantitative estimate of drug-likeness (QED) is 0.881. The van der Waals surface area contributed by atoms with Gasteiger partial charge in [-0.05, 0) is 36.9 Å². The maximum Gasteiger partial charge on any atom is 0.412 e. The molecule has 6 nitrogen and oxygen atoms in total. The predicted molar refractivity (Wildman–Crippen MR) is 82.0 cm³/mol. The summed E-state index contributed by atoms with van der Waals surface area (Å²) in [6.45, 7) is 0.242. The molecule has 0 aromatic heterocycles. The number of hydrogen-bond acceptors (Lipinski definition) is 4. The number of carbonyl (C=O) groups is 1. The van der Waals surface area contributed by atoms with Crippen LogP contribution in [0.5, 0.6) is 5.75 Å². The summed E-state index contributed by atoms with van der Waals surface area (Å²) in [5.41, 5.74) is 0.764. The molecule has 2 aromatic rings. The molecule has 116 valence electrons. The van der Waals surface area contributed by atoms with Gasteiger partial charge in [-0.25, -0.2) is 17.9 Å². The Hall–Kier alpha value is -2.38. The van der Waals surface area contributed by atoms with E-state index in [1.165, 1.54) is 19.2 Å². The van der Waals surface area contributed by atoms with Crippen molar-refractivity contribution >= 4 is 16.1 Å². The molecule has 22 heavy (non-hydrogen) atoms. The van der Waals surface area contributed by atoms with Crippen LogP contribution in [0.1, 0.15) is 5.56 Å². The standard InChI is InChI=1S/C15H16N2O4S/c1-16-22(19,20)14-9-7-12(8-10-14)11-17-15(18)21-13-5-3-2-4-6-13/h2-10,16H,11H2,1H3,(H,17,18). The fourth-order valence-corrected chi connectivity index (χ4v) is 2.44.